The van der Waals surface area contributed by atoms with E-state index in [4.69, 9.17) is 33.7 Å². The molecule has 118 valence electrons. The number of hydrogen-bond acceptors (Lipinski definition) is 3. The first-order chi connectivity index (χ1) is 9.79. The number of rotatable bonds is 7. The Morgan fingerprint density at radius 3 is 2.38 bits per heavy atom. The largest absolute Gasteiger partial charge is 0.399 e. The lowest BCUT2D eigenvalue weighted by Gasteiger charge is -2.15. The van der Waals surface area contributed by atoms with E-state index in [2.05, 4.69) is 19.2 Å². The topological polar surface area (TPSA) is 64.3 Å². The summed E-state index contributed by atoms with van der Waals surface area (Å²) >= 11 is 12.0. The van der Waals surface area contributed by atoms with Crippen molar-refractivity contribution >= 4 is 40.5 Å². The molecular weight excluding hydrogens is 311 g/mol. The Kier molecular flexibility index (Phi) is 7.29. The van der Waals surface area contributed by atoms with Gasteiger partial charge in [0.2, 0.25) is 5.91 Å². The van der Waals surface area contributed by atoms with E-state index in [0.29, 0.717) is 33.9 Å². The van der Waals surface area contributed by atoms with E-state index in [1.807, 2.05) is 6.92 Å². The second-order valence-electron chi connectivity index (χ2n) is 5.47. The lowest BCUT2D eigenvalue weighted by molar-refractivity contribution is -0.117. The Morgan fingerprint density at radius 1 is 1.29 bits per heavy atom. The molecule has 1 aromatic rings. The number of halogens is 2. The van der Waals surface area contributed by atoms with E-state index in [-0.39, 0.29) is 18.4 Å². The minimum absolute atomic E-state index is 0.140. The number of nitrogen functional groups attached to an aromatic ring is 1. The van der Waals surface area contributed by atoms with Gasteiger partial charge < -0.3 is 15.8 Å². The maximum absolute atomic E-state index is 11.9. The summed E-state index contributed by atoms with van der Waals surface area (Å²) in [5.74, 6) is 0.376. The van der Waals surface area contributed by atoms with Gasteiger partial charge in [0, 0.05) is 5.69 Å². The van der Waals surface area contributed by atoms with Crippen LogP contribution in [-0.4, -0.2) is 18.6 Å². The van der Waals surface area contributed by atoms with E-state index in [0.717, 1.165) is 6.42 Å². The van der Waals surface area contributed by atoms with E-state index in [9.17, 15) is 4.79 Å². The van der Waals surface area contributed by atoms with Crippen LogP contribution in [0.1, 0.15) is 33.6 Å². The molecule has 0 aliphatic heterocycles. The molecule has 1 unspecified atom stereocenters. The van der Waals surface area contributed by atoms with Gasteiger partial charge in [-0.3, -0.25) is 4.79 Å². The van der Waals surface area contributed by atoms with Crippen molar-refractivity contribution in [1.29, 1.82) is 0 Å². The van der Waals surface area contributed by atoms with Crippen LogP contribution < -0.4 is 11.1 Å². The van der Waals surface area contributed by atoms with Crippen molar-refractivity contribution in [2.45, 2.75) is 39.7 Å². The first-order valence-corrected chi connectivity index (χ1v) is 7.71. The summed E-state index contributed by atoms with van der Waals surface area (Å²) in [7, 11) is 0. The van der Waals surface area contributed by atoms with Crippen LogP contribution in [0.5, 0.6) is 0 Å². The normalized spacial score (nSPS) is 12.5. The van der Waals surface area contributed by atoms with Gasteiger partial charge >= 0.3 is 0 Å². The maximum atomic E-state index is 11.9. The smallest absolute Gasteiger partial charge is 0.226 e. The van der Waals surface area contributed by atoms with Gasteiger partial charge in [-0.2, -0.15) is 0 Å². The molecule has 0 radical (unpaired) electrons. The van der Waals surface area contributed by atoms with Crippen LogP contribution >= 0.6 is 23.2 Å². The molecule has 1 aromatic carbocycles. The lowest BCUT2D eigenvalue weighted by atomic mass is 10.1. The van der Waals surface area contributed by atoms with Crippen molar-refractivity contribution in [2.24, 2.45) is 5.92 Å². The van der Waals surface area contributed by atoms with Gasteiger partial charge in [-0.15, -0.1) is 0 Å². The molecule has 1 rings (SSSR count). The third-order valence-corrected chi connectivity index (χ3v) is 3.46. The average molecular weight is 333 g/mol. The number of carbonyl (C=O) groups is 1. The second-order valence-corrected chi connectivity index (χ2v) is 6.28. The SMILES string of the molecule is CC(C)CC(C)OCCC(=O)Nc1c(Cl)cc(N)cc1Cl. The number of ether oxygens (including phenoxy) is 1. The molecule has 1 amide bonds. The summed E-state index contributed by atoms with van der Waals surface area (Å²) in [6.45, 7) is 6.64. The molecule has 0 bridgehead atoms. The molecule has 0 fully saturated rings. The Morgan fingerprint density at radius 2 is 1.86 bits per heavy atom. The van der Waals surface area contributed by atoms with E-state index < -0.39 is 0 Å². The van der Waals surface area contributed by atoms with Crippen LogP contribution in [0.3, 0.4) is 0 Å². The van der Waals surface area contributed by atoms with Crippen molar-refractivity contribution in [3.8, 4) is 0 Å². The fraction of sp³-hybridized carbons (Fsp3) is 0.533. The quantitative estimate of drug-likeness (QED) is 0.729. The second kappa shape index (κ2) is 8.47. The standard InChI is InChI=1S/C15H22Cl2N2O2/c1-9(2)6-10(3)21-5-4-14(20)19-15-12(16)7-11(18)8-13(15)17/h7-10H,4-6,18H2,1-3H3,(H,19,20). The van der Waals surface area contributed by atoms with Crippen molar-refractivity contribution in [2.75, 3.05) is 17.7 Å². The Labute approximate surface area is 135 Å². The van der Waals surface area contributed by atoms with Crippen LogP contribution in [0.15, 0.2) is 12.1 Å². The van der Waals surface area contributed by atoms with E-state index >= 15 is 0 Å². The zero-order valence-corrected chi connectivity index (χ0v) is 14.1. The molecular formula is C15H22Cl2N2O2. The average Bonchev–Trinajstić information content (AvgIpc) is 2.32. The number of anilines is 2. The van der Waals surface area contributed by atoms with Gasteiger partial charge in [0.05, 0.1) is 34.9 Å². The van der Waals surface area contributed by atoms with Crippen molar-refractivity contribution in [3.05, 3.63) is 22.2 Å². The third kappa shape index (κ3) is 6.55. The third-order valence-electron chi connectivity index (χ3n) is 2.86. The molecule has 0 saturated carbocycles. The Balaban J connectivity index is 2.44. The zero-order valence-electron chi connectivity index (χ0n) is 12.6. The summed E-state index contributed by atoms with van der Waals surface area (Å²) < 4.78 is 5.59. The fourth-order valence-electron chi connectivity index (χ4n) is 2.00. The first kappa shape index (κ1) is 18.1. The molecule has 0 spiro atoms. The van der Waals surface area contributed by atoms with E-state index in [1.54, 1.807) is 12.1 Å². The van der Waals surface area contributed by atoms with Gasteiger partial charge in [0.25, 0.3) is 0 Å². The highest BCUT2D eigenvalue weighted by Gasteiger charge is 2.12. The van der Waals surface area contributed by atoms with Crippen LogP contribution in [0.4, 0.5) is 11.4 Å². The van der Waals surface area contributed by atoms with Crippen molar-refractivity contribution in [1.82, 2.24) is 0 Å². The van der Waals surface area contributed by atoms with Crippen molar-refractivity contribution in [3.63, 3.8) is 0 Å². The van der Waals surface area contributed by atoms with Crippen LogP contribution in [-0.2, 0) is 9.53 Å². The maximum Gasteiger partial charge on any atom is 0.226 e. The number of amides is 1. The predicted molar refractivity (Wildman–Crippen MR) is 89.0 cm³/mol. The first-order valence-electron chi connectivity index (χ1n) is 6.95. The van der Waals surface area contributed by atoms with Crippen LogP contribution in [0.2, 0.25) is 10.0 Å². The minimum atomic E-state index is -0.194. The van der Waals surface area contributed by atoms with Crippen LogP contribution in [0, 0.1) is 5.92 Å². The molecule has 0 aliphatic carbocycles. The Bertz CT molecular complexity index is 470. The molecule has 0 aliphatic rings. The number of nitrogens with one attached hydrogen (secondary N) is 1. The highest BCUT2D eigenvalue weighted by molar-refractivity contribution is 6.40. The van der Waals surface area contributed by atoms with Crippen LogP contribution in [0.25, 0.3) is 0 Å². The number of hydrogen-bond donors (Lipinski definition) is 2. The molecule has 3 N–H and O–H groups in total. The molecule has 4 nitrogen and oxygen atoms in total. The molecule has 0 heterocycles. The fourth-order valence-corrected chi connectivity index (χ4v) is 2.60. The molecule has 21 heavy (non-hydrogen) atoms. The lowest BCUT2D eigenvalue weighted by Crippen LogP contribution is -2.18. The summed E-state index contributed by atoms with van der Waals surface area (Å²) in [5, 5.41) is 3.33. The number of nitrogens with two attached hydrogens (primary N) is 1. The van der Waals surface area contributed by atoms with Gasteiger partial charge in [0.1, 0.15) is 0 Å². The highest BCUT2D eigenvalue weighted by Crippen LogP contribution is 2.32. The number of benzene rings is 1. The molecule has 6 heteroatoms. The van der Waals surface area contributed by atoms with Gasteiger partial charge in [-0.05, 0) is 31.4 Å². The monoisotopic (exact) mass is 332 g/mol. The Hall–Kier alpha value is -0.970. The minimum Gasteiger partial charge on any atom is -0.399 e. The molecule has 1 atom stereocenters. The summed E-state index contributed by atoms with van der Waals surface area (Å²) in [6.07, 6.45) is 1.36. The summed E-state index contributed by atoms with van der Waals surface area (Å²) in [4.78, 5) is 11.9. The van der Waals surface area contributed by atoms with Crippen molar-refractivity contribution < 1.29 is 9.53 Å². The predicted octanol–water partition coefficient (Wildman–Crippen LogP) is 4.36. The van der Waals surface area contributed by atoms with Gasteiger partial charge in [-0.1, -0.05) is 37.0 Å². The highest BCUT2D eigenvalue weighted by atomic mass is 35.5. The number of carbonyl (C=O) groups excluding carboxylic acids is 1. The van der Waals surface area contributed by atoms with Gasteiger partial charge in [0.15, 0.2) is 0 Å². The molecule has 0 saturated heterocycles. The molecule has 0 aromatic heterocycles. The van der Waals surface area contributed by atoms with Gasteiger partial charge in [-0.25, -0.2) is 0 Å². The zero-order chi connectivity index (χ0) is 16.0. The summed E-state index contributed by atoms with van der Waals surface area (Å²) in [5.41, 5.74) is 6.45. The summed E-state index contributed by atoms with van der Waals surface area (Å²) in [6, 6.07) is 3.09. The van der Waals surface area contributed by atoms with E-state index in [1.165, 1.54) is 0 Å².